The van der Waals surface area contributed by atoms with Crippen LogP contribution in [0, 0.1) is 0 Å². The maximum absolute atomic E-state index is 12.5. The number of benzene rings is 1. The monoisotopic (exact) mass is 497 g/mol. The molecule has 0 atom stereocenters. The molecule has 2 aromatic rings. The minimum absolute atomic E-state index is 0. The van der Waals surface area contributed by atoms with Crippen LogP contribution in [0.3, 0.4) is 0 Å². The van der Waals surface area contributed by atoms with Gasteiger partial charge in [0.2, 0.25) is 5.91 Å². The lowest BCUT2D eigenvalue weighted by Crippen LogP contribution is -2.55. The van der Waals surface area contributed by atoms with Gasteiger partial charge in [-0.25, -0.2) is 0 Å². The van der Waals surface area contributed by atoms with Gasteiger partial charge in [0.05, 0.1) is 11.9 Å². The van der Waals surface area contributed by atoms with Crippen molar-refractivity contribution < 1.29 is 4.79 Å². The van der Waals surface area contributed by atoms with Crippen LogP contribution in [-0.4, -0.2) is 66.3 Å². The van der Waals surface area contributed by atoms with Crippen LogP contribution in [0.4, 0.5) is 11.4 Å². The predicted octanol–water partition coefficient (Wildman–Crippen LogP) is 1.76. The Labute approximate surface area is 183 Å². The normalized spacial score (nSPS) is 14.6. The SMILES string of the molecule is CN=C(NCCCNc1ccccc1)N1CCN(c2cnn(C)c2)C(=O)C1.I. The first-order valence-corrected chi connectivity index (χ1v) is 9.21. The van der Waals surface area contributed by atoms with Gasteiger partial charge in [0.15, 0.2) is 5.96 Å². The topological polar surface area (TPSA) is 77.8 Å². The Bertz CT molecular complexity index is 778. The van der Waals surface area contributed by atoms with Crippen molar-refractivity contribution in [2.24, 2.45) is 12.0 Å². The summed E-state index contributed by atoms with van der Waals surface area (Å²) in [5.41, 5.74) is 1.97. The fourth-order valence-electron chi connectivity index (χ4n) is 3.08. The Morgan fingerprint density at radius 1 is 1.21 bits per heavy atom. The summed E-state index contributed by atoms with van der Waals surface area (Å²) in [4.78, 5) is 20.6. The molecule has 1 amide bonds. The maximum Gasteiger partial charge on any atom is 0.246 e. The van der Waals surface area contributed by atoms with Crippen LogP contribution < -0.4 is 15.5 Å². The zero-order valence-electron chi connectivity index (χ0n) is 16.3. The van der Waals surface area contributed by atoms with Crippen LogP contribution in [0.5, 0.6) is 0 Å². The van der Waals surface area contributed by atoms with Crippen LogP contribution in [-0.2, 0) is 11.8 Å². The number of guanidine groups is 1. The quantitative estimate of drug-likeness (QED) is 0.276. The Kier molecular flexibility index (Phi) is 8.55. The molecule has 8 nitrogen and oxygen atoms in total. The van der Waals surface area contributed by atoms with E-state index in [0.717, 1.165) is 43.4 Å². The number of aromatic nitrogens is 2. The molecule has 2 N–H and O–H groups in total. The number of halogens is 1. The van der Waals surface area contributed by atoms with Gasteiger partial charge in [-0.1, -0.05) is 18.2 Å². The number of aliphatic imine (C=N–C) groups is 1. The Morgan fingerprint density at radius 2 is 2.00 bits per heavy atom. The minimum Gasteiger partial charge on any atom is -0.385 e. The highest BCUT2D eigenvalue weighted by Crippen LogP contribution is 2.16. The summed E-state index contributed by atoms with van der Waals surface area (Å²) in [5, 5.41) is 10.9. The zero-order chi connectivity index (χ0) is 19.1. The van der Waals surface area contributed by atoms with E-state index in [4.69, 9.17) is 0 Å². The number of piperazine rings is 1. The highest BCUT2D eigenvalue weighted by Gasteiger charge is 2.27. The number of hydrogen-bond donors (Lipinski definition) is 2. The third-order valence-electron chi connectivity index (χ3n) is 4.47. The number of nitrogens with one attached hydrogen (secondary N) is 2. The van der Waals surface area contributed by atoms with Crippen LogP contribution in [0.15, 0.2) is 47.7 Å². The van der Waals surface area contributed by atoms with E-state index in [1.807, 2.05) is 36.3 Å². The molecule has 0 saturated carbocycles. The fourth-order valence-corrected chi connectivity index (χ4v) is 3.08. The number of anilines is 2. The first kappa shape index (κ1) is 22.0. The number of nitrogens with zero attached hydrogens (tertiary/aromatic N) is 5. The molecule has 152 valence electrons. The van der Waals surface area contributed by atoms with Crippen LogP contribution in [0.25, 0.3) is 0 Å². The summed E-state index contributed by atoms with van der Waals surface area (Å²) in [6, 6.07) is 10.2. The third kappa shape index (κ3) is 5.85. The van der Waals surface area contributed by atoms with E-state index in [-0.39, 0.29) is 29.9 Å². The van der Waals surface area contributed by atoms with Crippen molar-refractivity contribution in [3.63, 3.8) is 0 Å². The summed E-state index contributed by atoms with van der Waals surface area (Å²) in [5.74, 6) is 0.830. The van der Waals surface area contributed by atoms with Gasteiger partial charge in [0.1, 0.15) is 6.54 Å². The van der Waals surface area contributed by atoms with E-state index >= 15 is 0 Å². The van der Waals surface area contributed by atoms with E-state index in [0.29, 0.717) is 13.1 Å². The molecule has 0 radical (unpaired) electrons. The number of para-hydroxylation sites is 1. The molecule has 9 heteroatoms. The third-order valence-corrected chi connectivity index (χ3v) is 4.47. The summed E-state index contributed by atoms with van der Waals surface area (Å²) in [7, 11) is 3.60. The standard InChI is InChI=1S/C19H27N7O.HI/c1-20-19(22-10-6-9-21-16-7-4-3-5-8-16)25-11-12-26(18(27)15-25)17-13-23-24(2)14-17;/h3-5,7-8,13-14,21H,6,9-12,15H2,1-2H3,(H,20,22);1H. The number of rotatable bonds is 6. The molecule has 28 heavy (non-hydrogen) atoms. The van der Waals surface area contributed by atoms with E-state index in [1.165, 1.54) is 0 Å². The molecule has 2 heterocycles. The molecule has 0 bridgehead atoms. The van der Waals surface area contributed by atoms with Gasteiger partial charge < -0.3 is 20.4 Å². The highest BCUT2D eigenvalue weighted by atomic mass is 127. The largest absolute Gasteiger partial charge is 0.385 e. The smallest absolute Gasteiger partial charge is 0.246 e. The molecular formula is C19H28IN7O. The van der Waals surface area contributed by atoms with Crippen molar-refractivity contribution in [3.05, 3.63) is 42.7 Å². The Hall–Kier alpha value is -2.30. The second kappa shape index (κ2) is 10.9. The summed E-state index contributed by atoms with van der Waals surface area (Å²) in [6.07, 6.45) is 4.54. The van der Waals surface area contributed by atoms with Crippen molar-refractivity contribution in [1.29, 1.82) is 0 Å². The highest BCUT2D eigenvalue weighted by molar-refractivity contribution is 14.0. The molecule has 1 aromatic carbocycles. The second-order valence-corrected chi connectivity index (χ2v) is 6.46. The summed E-state index contributed by atoms with van der Waals surface area (Å²) < 4.78 is 1.71. The first-order valence-electron chi connectivity index (χ1n) is 9.21. The number of hydrogen-bond acceptors (Lipinski definition) is 4. The van der Waals surface area contributed by atoms with Crippen molar-refractivity contribution in [2.45, 2.75) is 6.42 Å². The maximum atomic E-state index is 12.5. The van der Waals surface area contributed by atoms with Crippen LogP contribution >= 0.6 is 24.0 Å². The van der Waals surface area contributed by atoms with Crippen LogP contribution in [0.1, 0.15) is 6.42 Å². The lowest BCUT2D eigenvalue weighted by atomic mass is 10.3. The average molecular weight is 497 g/mol. The average Bonchev–Trinajstić information content (AvgIpc) is 3.11. The van der Waals surface area contributed by atoms with Gasteiger partial charge in [-0.2, -0.15) is 5.10 Å². The summed E-state index contributed by atoms with van der Waals surface area (Å²) >= 11 is 0. The molecular weight excluding hydrogens is 469 g/mol. The molecule has 1 aliphatic rings. The molecule has 0 unspecified atom stereocenters. The zero-order valence-corrected chi connectivity index (χ0v) is 18.7. The van der Waals surface area contributed by atoms with Gasteiger partial charge >= 0.3 is 0 Å². The number of carbonyl (C=O) groups is 1. The molecule has 0 aliphatic carbocycles. The van der Waals surface area contributed by atoms with Gasteiger partial charge in [-0.3, -0.25) is 14.5 Å². The van der Waals surface area contributed by atoms with Crippen molar-refractivity contribution >= 4 is 47.2 Å². The second-order valence-electron chi connectivity index (χ2n) is 6.46. The molecule has 0 spiro atoms. The minimum atomic E-state index is 0. The van der Waals surface area contributed by atoms with Crippen molar-refractivity contribution in [2.75, 3.05) is 50.0 Å². The van der Waals surface area contributed by atoms with Gasteiger partial charge in [0, 0.05) is 52.2 Å². The van der Waals surface area contributed by atoms with Crippen LogP contribution in [0.2, 0.25) is 0 Å². The molecule has 1 aromatic heterocycles. The number of aryl methyl sites for hydroxylation is 1. The summed E-state index contributed by atoms with van der Waals surface area (Å²) in [6.45, 7) is 3.35. The van der Waals surface area contributed by atoms with Gasteiger partial charge in [-0.15, -0.1) is 24.0 Å². The first-order chi connectivity index (χ1) is 13.2. The van der Waals surface area contributed by atoms with Gasteiger partial charge in [0.25, 0.3) is 0 Å². The van der Waals surface area contributed by atoms with Crippen molar-refractivity contribution in [1.82, 2.24) is 20.0 Å². The van der Waals surface area contributed by atoms with E-state index in [9.17, 15) is 4.79 Å². The Balaban J connectivity index is 0.00000280. The number of carbonyl (C=O) groups excluding carboxylic acids is 1. The number of amides is 1. The molecule has 1 fully saturated rings. The Morgan fingerprint density at radius 3 is 2.64 bits per heavy atom. The molecule has 1 aliphatic heterocycles. The van der Waals surface area contributed by atoms with Crippen molar-refractivity contribution in [3.8, 4) is 0 Å². The fraction of sp³-hybridized carbons (Fsp3) is 0.421. The molecule has 1 saturated heterocycles. The predicted molar refractivity (Wildman–Crippen MR) is 123 cm³/mol. The lowest BCUT2D eigenvalue weighted by molar-refractivity contribution is -0.120. The van der Waals surface area contributed by atoms with Gasteiger partial charge in [-0.05, 0) is 18.6 Å². The molecule has 3 rings (SSSR count). The van der Waals surface area contributed by atoms with E-state index < -0.39 is 0 Å². The van der Waals surface area contributed by atoms with E-state index in [1.54, 1.807) is 22.8 Å². The lowest BCUT2D eigenvalue weighted by Gasteiger charge is -2.35. The van der Waals surface area contributed by atoms with E-state index in [2.05, 4.69) is 32.9 Å².